The number of aryl methyl sites for hydroxylation is 2. The lowest BCUT2D eigenvalue weighted by Gasteiger charge is -1.95. The molecule has 2 aromatic heterocycles. The van der Waals surface area contributed by atoms with E-state index in [-0.39, 0.29) is 0 Å². The van der Waals surface area contributed by atoms with E-state index in [9.17, 15) is 0 Å². The van der Waals surface area contributed by atoms with Crippen LogP contribution < -0.4 is 0 Å². The van der Waals surface area contributed by atoms with E-state index in [0.29, 0.717) is 9.61 Å². The van der Waals surface area contributed by atoms with Gasteiger partial charge in [0.25, 0.3) is 5.78 Å². The second-order valence-corrected chi connectivity index (χ2v) is 3.38. The van der Waals surface area contributed by atoms with E-state index in [0.717, 1.165) is 11.6 Å². The Morgan fingerprint density at radius 3 is 2.67 bits per heavy atom. The molecule has 0 spiro atoms. The highest BCUT2D eigenvalue weighted by Gasteiger charge is 2.05. The van der Waals surface area contributed by atoms with Crippen LogP contribution in [0.15, 0.2) is 0 Å². The smallest absolute Gasteiger partial charge is 0.218 e. The van der Waals surface area contributed by atoms with Gasteiger partial charge in [-0.3, -0.25) is 0 Å². The quantitative estimate of drug-likeness (QED) is 0.665. The Morgan fingerprint density at radius 2 is 1.92 bits per heavy atom. The molecule has 0 aromatic carbocycles. The monoisotopic (exact) mass is 275 g/mol. The van der Waals surface area contributed by atoms with Crippen molar-refractivity contribution in [2.24, 2.45) is 0 Å². The fourth-order valence-corrected chi connectivity index (χ4v) is 1.45. The lowest BCUT2D eigenvalue weighted by molar-refractivity contribution is 0.811. The second kappa shape index (κ2) is 2.61. The summed E-state index contributed by atoms with van der Waals surface area (Å²) in [5.41, 5.74) is 0. The van der Waals surface area contributed by atoms with Crippen molar-refractivity contribution < 1.29 is 0 Å². The summed E-state index contributed by atoms with van der Waals surface area (Å²) < 4.78 is 2.32. The molecule has 0 unspecified atom stereocenters. The third-order valence-electron chi connectivity index (χ3n) is 1.46. The highest BCUT2D eigenvalue weighted by Crippen LogP contribution is 2.02. The molecule has 0 radical (unpaired) electrons. The van der Waals surface area contributed by atoms with Crippen LogP contribution in [0.3, 0.4) is 0 Å². The van der Waals surface area contributed by atoms with Crippen molar-refractivity contribution in [3.05, 3.63) is 15.5 Å². The molecule has 12 heavy (non-hydrogen) atoms. The summed E-state index contributed by atoms with van der Waals surface area (Å²) in [6.07, 6.45) is 0. The van der Waals surface area contributed by atoms with Crippen LogP contribution in [-0.4, -0.2) is 24.6 Å². The van der Waals surface area contributed by atoms with Gasteiger partial charge in [0.15, 0.2) is 0 Å². The third-order valence-corrected chi connectivity index (χ3v) is 1.91. The van der Waals surface area contributed by atoms with Crippen molar-refractivity contribution in [1.82, 2.24) is 24.6 Å². The van der Waals surface area contributed by atoms with Gasteiger partial charge in [0, 0.05) is 22.6 Å². The van der Waals surface area contributed by atoms with Gasteiger partial charge in [-0.2, -0.15) is 14.5 Å². The van der Waals surface area contributed by atoms with E-state index in [2.05, 4.69) is 42.6 Å². The summed E-state index contributed by atoms with van der Waals surface area (Å²) >= 11 is 2.05. The number of aromatic nitrogens is 5. The maximum absolute atomic E-state index is 4.16. The summed E-state index contributed by atoms with van der Waals surface area (Å²) in [6, 6.07) is 0. The predicted octanol–water partition coefficient (Wildman–Crippen LogP) is 0.741. The van der Waals surface area contributed by atoms with E-state index < -0.39 is 0 Å². The number of hydrogen-bond donors (Lipinski definition) is 0. The third kappa shape index (κ3) is 1.15. The van der Waals surface area contributed by atoms with Crippen LogP contribution in [0, 0.1) is 17.7 Å². The molecule has 0 aliphatic heterocycles. The van der Waals surface area contributed by atoms with Gasteiger partial charge in [-0.25, -0.2) is 4.98 Å². The first-order chi connectivity index (χ1) is 5.66. The average Bonchev–Trinajstić information content (AvgIpc) is 2.29. The Kier molecular flexibility index (Phi) is 1.71. The zero-order chi connectivity index (χ0) is 8.72. The zero-order valence-electron chi connectivity index (χ0n) is 6.61. The maximum Gasteiger partial charge on any atom is 0.256 e. The number of fused-ring (bicyclic) bond motifs is 1. The summed E-state index contributed by atoms with van der Waals surface area (Å²) in [4.78, 5) is 12.4. The van der Waals surface area contributed by atoms with Crippen LogP contribution in [0.2, 0.25) is 0 Å². The first kappa shape index (κ1) is 7.84. The molecule has 0 saturated carbocycles. The van der Waals surface area contributed by atoms with E-state index in [1.54, 1.807) is 4.52 Å². The summed E-state index contributed by atoms with van der Waals surface area (Å²) in [5, 5.41) is 4.12. The molecule has 0 aliphatic carbocycles. The minimum Gasteiger partial charge on any atom is -0.218 e. The average molecular weight is 275 g/mol. The predicted molar refractivity (Wildman–Crippen MR) is 50.8 cm³/mol. The largest absolute Gasteiger partial charge is 0.256 e. The number of rotatable bonds is 0. The van der Waals surface area contributed by atoms with Gasteiger partial charge >= 0.3 is 0 Å². The van der Waals surface area contributed by atoms with Crippen LogP contribution in [0.25, 0.3) is 5.78 Å². The summed E-state index contributed by atoms with van der Waals surface area (Å²) in [5.74, 6) is 2.15. The zero-order valence-corrected chi connectivity index (χ0v) is 8.77. The van der Waals surface area contributed by atoms with Gasteiger partial charge in [-0.05, 0) is 13.8 Å². The van der Waals surface area contributed by atoms with Gasteiger partial charge < -0.3 is 0 Å². The van der Waals surface area contributed by atoms with Crippen LogP contribution in [0.1, 0.15) is 11.6 Å². The van der Waals surface area contributed by atoms with Gasteiger partial charge in [-0.1, -0.05) is 0 Å². The van der Waals surface area contributed by atoms with Crippen molar-refractivity contribution in [3.8, 4) is 0 Å². The first-order valence-electron chi connectivity index (χ1n) is 3.40. The van der Waals surface area contributed by atoms with Gasteiger partial charge in [-0.15, -0.1) is 5.10 Å². The van der Waals surface area contributed by atoms with Crippen molar-refractivity contribution >= 4 is 28.4 Å². The van der Waals surface area contributed by atoms with Gasteiger partial charge in [0.2, 0.25) is 3.83 Å². The molecular weight excluding hydrogens is 269 g/mol. The molecule has 2 rings (SSSR count). The molecule has 62 valence electrons. The van der Waals surface area contributed by atoms with Crippen molar-refractivity contribution in [3.63, 3.8) is 0 Å². The topological polar surface area (TPSA) is 56.0 Å². The molecule has 0 bridgehead atoms. The van der Waals surface area contributed by atoms with Crippen LogP contribution in [0.4, 0.5) is 0 Å². The Bertz CT molecular complexity index is 435. The van der Waals surface area contributed by atoms with Crippen LogP contribution >= 0.6 is 22.6 Å². The van der Waals surface area contributed by atoms with Crippen molar-refractivity contribution in [1.29, 1.82) is 0 Å². The number of nitrogens with zero attached hydrogens (tertiary/aromatic N) is 5. The molecule has 6 heteroatoms. The van der Waals surface area contributed by atoms with Crippen molar-refractivity contribution in [2.45, 2.75) is 13.8 Å². The van der Waals surface area contributed by atoms with E-state index in [4.69, 9.17) is 0 Å². The molecule has 5 nitrogen and oxygen atoms in total. The molecule has 0 fully saturated rings. The molecule has 0 amide bonds. The molecule has 2 aromatic rings. The Morgan fingerprint density at radius 1 is 1.17 bits per heavy atom. The Labute approximate surface area is 82.4 Å². The Balaban J connectivity index is 2.88. The van der Waals surface area contributed by atoms with Gasteiger partial charge in [0.1, 0.15) is 11.6 Å². The van der Waals surface area contributed by atoms with Crippen LogP contribution in [-0.2, 0) is 0 Å². The summed E-state index contributed by atoms with van der Waals surface area (Å²) in [7, 11) is 0. The molecule has 0 atom stereocenters. The normalized spacial score (nSPS) is 10.9. The van der Waals surface area contributed by atoms with Crippen molar-refractivity contribution in [2.75, 3.05) is 0 Å². The van der Waals surface area contributed by atoms with Crippen LogP contribution in [0.5, 0.6) is 0 Å². The lowest BCUT2D eigenvalue weighted by atomic mass is 10.6. The molecule has 0 N–H and O–H groups in total. The SMILES string of the molecule is Cc1nc(C)n2nc(I)nc2n1. The van der Waals surface area contributed by atoms with E-state index >= 15 is 0 Å². The fraction of sp³-hybridized carbons (Fsp3) is 0.333. The maximum atomic E-state index is 4.16. The highest BCUT2D eigenvalue weighted by atomic mass is 127. The highest BCUT2D eigenvalue weighted by molar-refractivity contribution is 14.1. The van der Waals surface area contributed by atoms with E-state index in [1.807, 2.05) is 13.8 Å². The minimum atomic E-state index is 0.615. The Hall–Kier alpha value is -0.790. The van der Waals surface area contributed by atoms with Gasteiger partial charge in [0.05, 0.1) is 0 Å². The number of halogens is 1. The molecule has 0 aliphatic rings. The summed E-state index contributed by atoms with van der Waals surface area (Å²) in [6.45, 7) is 3.72. The minimum absolute atomic E-state index is 0.615. The lowest BCUT2D eigenvalue weighted by Crippen LogP contribution is -2.01. The standard InChI is InChI=1S/C6H6IN5/c1-3-8-4(2)12-6(9-3)10-5(7)11-12/h1-2H3. The molecule has 2 heterocycles. The fourth-order valence-electron chi connectivity index (χ4n) is 1.02. The number of hydrogen-bond acceptors (Lipinski definition) is 4. The first-order valence-corrected chi connectivity index (χ1v) is 4.48. The van der Waals surface area contributed by atoms with E-state index in [1.165, 1.54) is 0 Å². The molecular formula is C6H6IN5. The molecule has 0 saturated heterocycles. The second-order valence-electron chi connectivity index (χ2n) is 2.41.